The summed E-state index contributed by atoms with van der Waals surface area (Å²) in [6, 6.07) is 9.95. The van der Waals surface area contributed by atoms with Gasteiger partial charge in [0.15, 0.2) is 0 Å². The monoisotopic (exact) mass is 361 g/mol. The van der Waals surface area contributed by atoms with Crippen LogP contribution in [-0.2, 0) is 4.79 Å². The van der Waals surface area contributed by atoms with Gasteiger partial charge in [0.2, 0.25) is 5.91 Å². The summed E-state index contributed by atoms with van der Waals surface area (Å²) < 4.78 is 0. The molecule has 0 bridgehead atoms. The van der Waals surface area contributed by atoms with Crippen molar-refractivity contribution in [3.05, 3.63) is 35.9 Å². The van der Waals surface area contributed by atoms with Gasteiger partial charge >= 0.3 is 0 Å². The summed E-state index contributed by atoms with van der Waals surface area (Å²) in [4.78, 5) is 17.1. The van der Waals surface area contributed by atoms with Gasteiger partial charge in [-0.05, 0) is 45.1 Å². The predicted octanol–water partition coefficient (Wildman–Crippen LogP) is 2.59. The number of nitrogens with zero attached hydrogens (tertiary/aromatic N) is 2. The van der Waals surface area contributed by atoms with Crippen molar-refractivity contribution in [2.75, 3.05) is 40.3 Å². The van der Waals surface area contributed by atoms with Crippen LogP contribution in [-0.4, -0.2) is 56.0 Å². The number of amides is 1. The molecular weight excluding hydrogens is 333 g/mol. The first-order chi connectivity index (χ1) is 10.2. The number of hydrogen-bond donors (Lipinski definition) is 1. The molecular formula is C17H29Cl2N3O. The van der Waals surface area contributed by atoms with Gasteiger partial charge in [-0.1, -0.05) is 37.3 Å². The molecule has 0 aliphatic carbocycles. The number of benzene rings is 1. The lowest BCUT2D eigenvalue weighted by Crippen LogP contribution is -2.41. The topological polar surface area (TPSA) is 35.6 Å². The number of likely N-dealkylation sites (N-methyl/N-ethyl adjacent to an activating group) is 1. The minimum Gasteiger partial charge on any atom is -0.341 e. The summed E-state index contributed by atoms with van der Waals surface area (Å²) in [5.41, 5.74) is 1.09. The summed E-state index contributed by atoms with van der Waals surface area (Å²) in [6.07, 6.45) is 1.10. The second-order valence-electron chi connectivity index (χ2n) is 5.88. The Labute approximate surface area is 152 Å². The zero-order chi connectivity index (χ0) is 15.2. The lowest BCUT2D eigenvalue weighted by atomic mass is 10.0. The van der Waals surface area contributed by atoms with E-state index in [0.29, 0.717) is 5.92 Å². The van der Waals surface area contributed by atoms with Crippen molar-refractivity contribution < 1.29 is 4.79 Å². The summed E-state index contributed by atoms with van der Waals surface area (Å²) in [6.45, 7) is 5.70. The number of likely N-dealkylation sites (tertiary alicyclic amines) is 1. The van der Waals surface area contributed by atoms with Crippen molar-refractivity contribution >= 4 is 30.7 Å². The first kappa shape index (κ1) is 22.2. The number of rotatable bonds is 6. The lowest BCUT2D eigenvalue weighted by Gasteiger charge is -2.30. The van der Waals surface area contributed by atoms with Crippen molar-refractivity contribution in [3.63, 3.8) is 0 Å². The number of carbonyl (C=O) groups is 1. The van der Waals surface area contributed by atoms with Crippen LogP contribution in [0.4, 0.5) is 0 Å². The standard InChI is InChI=1S/C17H27N3O.2ClH/c1-4-19(3)16(15-8-6-5-7-9-15)17(21)20-11-10-14(13-20)12-18-2;;/h5-9,14,16,18H,4,10-13H2,1-3H3;2*1H. The minimum absolute atomic E-state index is 0. The summed E-state index contributed by atoms with van der Waals surface area (Å²) in [5, 5.41) is 3.22. The molecule has 2 rings (SSSR count). The smallest absolute Gasteiger partial charge is 0.244 e. The Morgan fingerprint density at radius 2 is 2.00 bits per heavy atom. The van der Waals surface area contributed by atoms with E-state index >= 15 is 0 Å². The predicted molar refractivity (Wildman–Crippen MR) is 101 cm³/mol. The average Bonchev–Trinajstić information content (AvgIpc) is 2.97. The number of nitrogens with one attached hydrogen (secondary N) is 1. The molecule has 1 N–H and O–H groups in total. The number of hydrogen-bond acceptors (Lipinski definition) is 3. The molecule has 1 aromatic carbocycles. The maximum atomic E-state index is 13.0. The molecule has 0 radical (unpaired) electrons. The molecule has 1 fully saturated rings. The third-order valence-corrected chi connectivity index (χ3v) is 4.38. The fourth-order valence-electron chi connectivity index (χ4n) is 3.06. The highest BCUT2D eigenvalue weighted by molar-refractivity contribution is 5.85. The lowest BCUT2D eigenvalue weighted by molar-refractivity contribution is -0.135. The van der Waals surface area contributed by atoms with Crippen molar-refractivity contribution in [2.45, 2.75) is 19.4 Å². The Kier molecular flexibility index (Phi) is 10.5. The second-order valence-corrected chi connectivity index (χ2v) is 5.88. The van der Waals surface area contributed by atoms with Crippen LogP contribution in [0.3, 0.4) is 0 Å². The van der Waals surface area contributed by atoms with E-state index < -0.39 is 0 Å². The number of carbonyl (C=O) groups excluding carboxylic acids is 1. The van der Waals surface area contributed by atoms with E-state index in [1.165, 1.54) is 0 Å². The Bertz CT molecular complexity index is 458. The molecule has 0 spiro atoms. The zero-order valence-electron chi connectivity index (χ0n) is 14.2. The molecule has 2 atom stereocenters. The van der Waals surface area contributed by atoms with Gasteiger partial charge < -0.3 is 10.2 Å². The van der Waals surface area contributed by atoms with Crippen molar-refractivity contribution in [1.82, 2.24) is 15.1 Å². The quantitative estimate of drug-likeness (QED) is 0.845. The van der Waals surface area contributed by atoms with Crippen LogP contribution in [0.25, 0.3) is 0 Å². The molecule has 0 saturated carbocycles. The maximum Gasteiger partial charge on any atom is 0.244 e. The van der Waals surface area contributed by atoms with Gasteiger partial charge in [0.25, 0.3) is 0 Å². The summed E-state index contributed by atoms with van der Waals surface area (Å²) >= 11 is 0. The van der Waals surface area contributed by atoms with E-state index in [2.05, 4.69) is 29.3 Å². The Morgan fingerprint density at radius 3 is 2.57 bits per heavy atom. The van der Waals surface area contributed by atoms with E-state index in [4.69, 9.17) is 0 Å². The molecule has 1 saturated heterocycles. The van der Waals surface area contributed by atoms with Crippen molar-refractivity contribution in [3.8, 4) is 0 Å². The second kappa shape index (κ2) is 10.9. The largest absolute Gasteiger partial charge is 0.341 e. The van der Waals surface area contributed by atoms with Crippen LogP contribution in [0.5, 0.6) is 0 Å². The van der Waals surface area contributed by atoms with Gasteiger partial charge in [0, 0.05) is 13.1 Å². The molecule has 6 heteroatoms. The highest BCUT2D eigenvalue weighted by Gasteiger charge is 2.33. The molecule has 1 aliphatic heterocycles. The zero-order valence-corrected chi connectivity index (χ0v) is 15.8. The third-order valence-electron chi connectivity index (χ3n) is 4.38. The van der Waals surface area contributed by atoms with E-state index in [0.717, 1.165) is 38.2 Å². The molecule has 1 aliphatic rings. The average molecular weight is 362 g/mol. The molecule has 1 amide bonds. The molecule has 0 aromatic heterocycles. The van der Waals surface area contributed by atoms with Gasteiger partial charge in [-0.3, -0.25) is 9.69 Å². The van der Waals surface area contributed by atoms with Crippen LogP contribution in [0.2, 0.25) is 0 Å². The van der Waals surface area contributed by atoms with Crippen LogP contribution < -0.4 is 5.32 Å². The summed E-state index contributed by atoms with van der Waals surface area (Å²) in [7, 11) is 4.00. The number of halogens is 2. The van der Waals surface area contributed by atoms with Crippen LogP contribution in [0, 0.1) is 5.92 Å². The van der Waals surface area contributed by atoms with Crippen LogP contribution in [0.1, 0.15) is 24.9 Å². The van der Waals surface area contributed by atoms with Gasteiger partial charge in [-0.15, -0.1) is 24.8 Å². The first-order valence-corrected chi connectivity index (χ1v) is 7.86. The molecule has 2 unspecified atom stereocenters. The van der Waals surface area contributed by atoms with Crippen molar-refractivity contribution in [1.29, 1.82) is 0 Å². The van der Waals surface area contributed by atoms with Crippen LogP contribution >= 0.6 is 24.8 Å². The first-order valence-electron chi connectivity index (χ1n) is 7.86. The van der Waals surface area contributed by atoms with E-state index in [9.17, 15) is 4.79 Å². The molecule has 4 nitrogen and oxygen atoms in total. The SMILES string of the molecule is CCN(C)C(C(=O)N1CCC(CNC)C1)c1ccccc1.Cl.Cl. The fraction of sp³-hybridized carbons (Fsp3) is 0.588. The highest BCUT2D eigenvalue weighted by Crippen LogP contribution is 2.25. The van der Waals surface area contributed by atoms with E-state index in [1.54, 1.807) is 0 Å². The molecule has 1 aromatic rings. The Balaban J connectivity index is 0.00000242. The Morgan fingerprint density at radius 1 is 1.35 bits per heavy atom. The fourth-order valence-corrected chi connectivity index (χ4v) is 3.06. The maximum absolute atomic E-state index is 13.0. The van der Waals surface area contributed by atoms with Gasteiger partial charge in [0.1, 0.15) is 6.04 Å². The highest BCUT2D eigenvalue weighted by atomic mass is 35.5. The third kappa shape index (κ3) is 5.64. The van der Waals surface area contributed by atoms with E-state index in [1.807, 2.05) is 37.2 Å². The minimum atomic E-state index is -0.162. The van der Waals surface area contributed by atoms with Gasteiger partial charge in [0.05, 0.1) is 0 Å². The van der Waals surface area contributed by atoms with E-state index in [-0.39, 0.29) is 36.8 Å². The molecule has 1 heterocycles. The molecule has 132 valence electrons. The Hall–Kier alpha value is -0.810. The van der Waals surface area contributed by atoms with Gasteiger partial charge in [-0.2, -0.15) is 0 Å². The molecule has 23 heavy (non-hydrogen) atoms. The normalized spacial score (nSPS) is 18.3. The van der Waals surface area contributed by atoms with Crippen molar-refractivity contribution in [2.24, 2.45) is 5.92 Å². The van der Waals surface area contributed by atoms with Gasteiger partial charge in [-0.25, -0.2) is 0 Å². The summed E-state index contributed by atoms with van der Waals surface area (Å²) in [5.74, 6) is 0.825. The van der Waals surface area contributed by atoms with Crippen LogP contribution in [0.15, 0.2) is 30.3 Å².